The number of anilines is 3. The molecule has 0 saturated carbocycles. The zero-order chi connectivity index (χ0) is 27.3. The fourth-order valence-electron chi connectivity index (χ4n) is 3.44. The summed E-state index contributed by atoms with van der Waals surface area (Å²) in [7, 11) is 0. The number of primary amides is 1. The second-order valence-electron chi connectivity index (χ2n) is 7.93. The summed E-state index contributed by atoms with van der Waals surface area (Å²) in [4.78, 5) is 20.4. The molecule has 5 N–H and O–H groups in total. The van der Waals surface area contributed by atoms with E-state index in [-0.39, 0.29) is 22.8 Å². The molecule has 1 unspecified atom stereocenters. The number of benzene rings is 2. The fourth-order valence-corrected chi connectivity index (χ4v) is 4.20. The molecule has 0 saturated heterocycles. The van der Waals surface area contributed by atoms with Gasteiger partial charge in [-0.05, 0) is 48.7 Å². The molecule has 1 atom stereocenters. The highest BCUT2D eigenvalue weighted by atomic mass is 35.5. The molecule has 2 aromatic heterocycles. The molecule has 0 fully saturated rings. The molecule has 0 radical (unpaired) electrons. The maximum atomic E-state index is 12.7. The van der Waals surface area contributed by atoms with Crippen LogP contribution in [-0.2, 0) is 0 Å². The van der Waals surface area contributed by atoms with Gasteiger partial charge in [-0.1, -0.05) is 29.8 Å². The molecule has 9 nitrogen and oxygen atoms in total. The van der Waals surface area contributed by atoms with Crippen LogP contribution in [0.4, 0.5) is 30.5 Å². The molecule has 4 aromatic rings. The number of H-pyrrole nitrogens is 1. The molecule has 4 rings (SSSR count). The molecule has 0 aliphatic rings. The lowest BCUT2D eigenvalue weighted by Crippen LogP contribution is -2.14. The largest absolute Gasteiger partial charge is 0.484 e. The highest BCUT2D eigenvalue weighted by Crippen LogP contribution is 2.37. The second kappa shape index (κ2) is 11.6. The van der Waals surface area contributed by atoms with Crippen molar-refractivity contribution in [2.75, 3.05) is 15.8 Å². The van der Waals surface area contributed by atoms with Gasteiger partial charge in [-0.25, -0.2) is 4.98 Å². The van der Waals surface area contributed by atoms with Gasteiger partial charge in [0.05, 0.1) is 17.6 Å². The van der Waals surface area contributed by atoms with E-state index in [1.807, 2.05) is 6.07 Å². The minimum atomic E-state index is -4.36. The van der Waals surface area contributed by atoms with Crippen LogP contribution in [0, 0.1) is 0 Å². The van der Waals surface area contributed by atoms with Crippen molar-refractivity contribution in [3.63, 3.8) is 0 Å². The molecular formula is C24H21ClF3N7O2S. The molecule has 2 aromatic carbocycles. The smallest absolute Gasteiger partial charge is 0.399 e. The van der Waals surface area contributed by atoms with Gasteiger partial charge in [0.25, 0.3) is 5.91 Å². The number of alkyl halides is 3. The molecule has 2 heterocycles. The van der Waals surface area contributed by atoms with Crippen LogP contribution < -0.4 is 20.5 Å². The number of halogens is 4. The van der Waals surface area contributed by atoms with Gasteiger partial charge in [0, 0.05) is 23.0 Å². The summed E-state index contributed by atoms with van der Waals surface area (Å²) in [6.45, 7) is 1.78. The molecule has 0 aliphatic carbocycles. The Morgan fingerprint density at radius 1 is 1.24 bits per heavy atom. The van der Waals surface area contributed by atoms with E-state index in [0.29, 0.717) is 34.0 Å². The summed E-state index contributed by atoms with van der Waals surface area (Å²) < 4.78 is 47.0. The quantitative estimate of drug-likeness (QED) is 0.170. The third kappa shape index (κ3) is 6.86. The summed E-state index contributed by atoms with van der Waals surface area (Å²) in [5.74, 6) is -1.17. The summed E-state index contributed by atoms with van der Waals surface area (Å²) >= 11 is 6.57. The second-order valence-corrected chi connectivity index (χ2v) is 9.15. The summed E-state index contributed by atoms with van der Waals surface area (Å²) in [6.07, 6.45) is -0.464. The van der Waals surface area contributed by atoms with E-state index >= 15 is 0 Å². The zero-order valence-electron chi connectivity index (χ0n) is 19.7. The number of nitrogens with zero attached hydrogens (tertiary/aromatic N) is 3. The van der Waals surface area contributed by atoms with Crippen molar-refractivity contribution >= 4 is 46.8 Å². The van der Waals surface area contributed by atoms with E-state index in [0.717, 1.165) is 5.56 Å². The fraction of sp³-hybridized carbons (Fsp3) is 0.167. The van der Waals surface area contributed by atoms with Crippen molar-refractivity contribution in [3.05, 3.63) is 77.2 Å². The average molecular weight is 564 g/mol. The Bertz CT molecular complexity index is 1420. The van der Waals surface area contributed by atoms with Crippen LogP contribution in [0.2, 0.25) is 5.02 Å². The first-order valence-electron chi connectivity index (χ1n) is 11.0. The average Bonchev–Trinajstić information content (AvgIpc) is 3.28. The van der Waals surface area contributed by atoms with Crippen molar-refractivity contribution in [1.29, 1.82) is 0 Å². The minimum Gasteiger partial charge on any atom is -0.484 e. The van der Waals surface area contributed by atoms with Gasteiger partial charge in [0.1, 0.15) is 29.0 Å². The molecule has 0 spiro atoms. The first-order chi connectivity index (χ1) is 18.1. The van der Waals surface area contributed by atoms with Crippen molar-refractivity contribution in [1.82, 2.24) is 20.2 Å². The monoisotopic (exact) mass is 563 g/mol. The number of hydrogen-bond donors (Lipinski definition) is 4. The standard InChI is InChI=1S/C24H21ClF3N7O2S/c1-13(14-3-2-4-16(25)9-14)37-18-10-15(5-6-17(18)35-38-12-24(26,27)28)21-20(22(29)36)23(34-33-21)32-19-11-30-7-8-31-19/h2-11,13,35H,12H2,1H3,(H2,29,36)(H2,31,32,33,34). The van der Waals surface area contributed by atoms with Crippen molar-refractivity contribution < 1.29 is 22.7 Å². The number of aromatic nitrogens is 4. The number of hydrogen-bond acceptors (Lipinski definition) is 8. The number of nitrogens with one attached hydrogen (secondary N) is 3. The predicted molar refractivity (Wildman–Crippen MR) is 140 cm³/mol. The maximum Gasteiger partial charge on any atom is 0.399 e. The first kappa shape index (κ1) is 27.1. The van der Waals surface area contributed by atoms with Crippen LogP contribution in [0.5, 0.6) is 5.75 Å². The van der Waals surface area contributed by atoms with Gasteiger partial charge in [0.2, 0.25) is 0 Å². The van der Waals surface area contributed by atoms with E-state index in [9.17, 15) is 18.0 Å². The minimum absolute atomic E-state index is 0.0525. The van der Waals surface area contributed by atoms with Crippen LogP contribution in [0.3, 0.4) is 0 Å². The van der Waals surface area contributed by atoms with Gasteiger partial charge < -0.3 is 20.5 Å². The molecule has 0 aliphatic heterocycles. The number of aromatic amines is 1. The highest BCUT2D eigenvalue weighted by Gasteiger charge is 2.27. The Morgan fingerprint density at radius 3 is 2.74 bits per heavy atom. The molecule has 1 amide bonds. The van der Waals surface area contributed by atoms with Crippen LogP contribution in [0.25, 0.3) is 11.3 Å². The Morgan fingerprint density at radius 2 is 2.05 bits per heavy atom. The predicted octanol–water partition coefficient (Wildman–Crippen LogP) is 6.13. The van der Waals surface area contributed by atoms with Crippen LogP contribution in [-0.4, -0.2) is 38.0 Å². The lowest BCUT2D eigenvalue weighted by atomic mass is 10.1. The highest BCUT2D eigenvalue weighted by molar-refractivity contribution is 8.00. The Hall–Kier alpha value is -3.97. The van der Waals surface area contributed by atoms with Crippen LogP contribution in [0.15, 0.2) is 61.1 Å². The lowest BCUT2D eigenvalue weighted by Gasteiger charge is -2.20. The Balaban J connectivity index is 1.69. The van der Waals surface area contributed by atoms with Gasteiger partial charge >= 0.3 is 6.18 Å². The van der Waals surface area contributed by atoms with E-state index in [4.69, 9.17) is 22.1 Å². The number of carbonyl (C=O) groups is 1. The van der Waals surface area contributed by atoms with Crippen molar-refractivity contribution in [3.8, 4) is 17.0 Å². The molecule has 38 heavy (non-hydrogen) atoms. The normalized spacial score (nSPS) is 12.1. The number of carbonyl (C=O) groups excluding carboxylic acids is 1. The first-order valence-corrected chi connectivity index (χ1v) is 12.4. The van der Waals surface area contributed by atoms with Gasteiger partial charge in [0.15, 0.2) is 5.82 Å². The molecule has 0 bridgehead atoms. The summed E-state index contributed by atoms with van der Waals surface area (Å²) in [5, 5.41) is 10.3. The molecule has 14 heteroatoms. The zero-order valence-corrected chi connectivity index (χ0v) is 21.3. The van der Waals surface area contributed by atoms with Crippen molar-refractivity contribution in [2.24, 2.45) is 5.73 Å². The summed E-state index contributed by atoms with van der Waals surface area (Å²) in [6, 6.07) is 11.7. The lowest BCUT2D eigenvalue weighted by molar-refractivity contribution is -0.105. The molecular weight excluding hydrogens is 543 g/mol. The van der Waals surface area contributed by atoms with E-state index in [1.54, 1.807) is 43.3 Å². The SMILES string of the molecule is CC(Oc1cc(-c2[nH]nc(Nc3cnccn3)c2C(N)=O)ccc1NSCC(F)(F)F)c1cccc(Cl)c1. The van der Waals surface area contributed by atoms with Crippen LogP contribution in [0.1, 0.15) is 28.9 Å². The summed E-state index contributed by atoms with van der Waals surface area (Å²) in [5.41, 5.74) is 7.50. The third-order valence-electron chi connectivity index (χ3n) is 5.13. The van der Waals surface area contributed by atoms with E-state index in [1.165, 1.54) is 18.6 Å². The third-order valence-corrected chi connectivity index (χ3v) is 6.20. The molecule has 198 valence electrons. The number of ether oxygens (including phenoxy) is 1. The number of rotatable bonds is 10. The number of amides is 1. The van der Waals surface area contributed by atoms with Gasteiger partial charge in [-0.15, -0.1) is 0 Å². The number of nitrogens with two attached hydrogens (primary N) is 1. The van der Waals surface area contributed by atoms with Crippen LogP contribution >= 0.6 is 23.5 Å². The van der Waals surface area contributed by atoms with Gasteiger partial charge in [-0.2, -0.15) is 18.3 Å². The van der Waals surface area contributed by atoms with Gasteiger partial charge in [-0.3, -0.25) is 14.9 Å². The topological polar surface area (TPSA) is 131 Å². The maximum absolute atomic E-state index is 12.7. The van der Waals surface area contributed by atoms with E-state index < -0.39 is 23.9 Å². The van der Waals surface area contributed by atoms with E-state index in [2.05, 4.69) is 30.2 Å². The Labute approximate surface area is 224 Å². The van der Waals surface area contributed by atoms with Crippen molar-refractivity contribution in [2.45, 2.75) is 19.2 Å². The Kier molecular flexibility index (Phi) is 8.27.